The number of aromatic amines is 2. The van der Waals surface area contributed by atoms with E-state index in [1.807, 2.05) is 24.3 Å². The summed E-state index contributed by atoms with van der Waals surface area (Å²) in [6, 6.07) is 13.6. The fourth-order valence-corrected chi connectivity index (χ4v) is 3.76. The van der Waals surface area contributed by atoms with Crippen LogP contribution < -0.4 is 16.0 Å². The highest BCUT2D eigenvalue weighted by Gasteiger charge is 2.21. The van der Waals surface area contributed by atoms with Crippen LogP contribution in [0.5, 0.6) is 11.6 Å². The Morgan fingerprint density at radius 3 is 2.60 bits per heavy atom. The van der Waals surface area contributed by atoms with E-state index in [2.05, 4.69) is 15.0 Å². The fraction of sp³-hybridized carbons (Fsp3) is 0.200. The highest BCUT2D eigenvalue weighted by Crippen LogP contribution is 2.21. The lowest BCUT2D eigenvalue weighted by Gasteiger charge is -2.12. The molecule has 10 heteroatoms. The number of hydrogen-bond acceptors (Lipinski definition) is 7. The van der Waals surface area contributed by atoms with Crippen molar-refractivity contribution in [2.24, 2.45) is 4.99 Å². The number of rotatable bonds is 8. The topological polar surface area (TPSA) is 139 Å². The quantitative estimate of drug-likeness (QED) is 0.263. The van der Waals surface area contributed by atoms with Crippen molar-refractivity contribution in [2.75, 3.05) is 14.2 Å². The molecule has 0 saturated carbocycles. The van der Waals surface area contributed by atoms with Gasteiger partial charge in [0.25, 0.3) is 5.56 Å². The summed E-state index contributed by atoms with van der Waals surface area (Å²) in [7, 11) is 2.79. The summed E-state index contributed by atoms with van der Waals surface area (Å²) in [5.74, 6) is -0.522. The van der Waals surface area contributed by atoms with E-state index < -0.39 is 29.1 Å². The third-order valence-corrected chi connectivity index (χ3v) is 5.65. The van der Waals surface area contributed by atoms with Crippen LogP contribution in [0.3, 0.4) is 0 Å². The molecule has 0 amide bonds. The van der Waals surface area contributed by atoms with Crippen LogP contribution in [0.25, 0.3) is 10.9 Å². The molecule has 0 aliphatic rings. The maximum absolute atomic E-state index is 12.4. The highest BCUT2D eigenvalue weighted by molar-refractivity contribution is 5.87. The summed E-state index contributed by atoms with van der Waals surface area (Å²) < 4.78 is 11.0. The number of methoxy groups -OCH3 is 2. The van der Waals surface area contributed by atoms with Crippen LogP contribution in [-0.2, 0) is 22.5 Å². The van der Waals surface area contributed by atoms with Crippen molar-refractivity contribution in [3.05, 3.63) is 92.3 Å². The Morgan fingerprint density at radius 2 is 1.89 bits per heavy atom. The van der Waals surface area contributed by atoms with Gasteiger partial charge in [0.05, 0.1) is 20.8 Å². The molecule has 0 aliphatic heterocycles. The molecule has 0 bridgehead atoms. The molecule has 3 N–H and O–H groups in total. The van der Waals surface area contributed by atoms with E-state index >= 15 is 0 Å². The first-order valence-electron chi connectivity index (χ1n) is 10.8. The van der Waals surface area contributed by atoms with E-state index in [0.29, 0.717) is 11.3 Å². The molecule has 0 aliphatic carbocycles. The van der Waals surface area contributed by atoms with Gasteiger partial charge in [-0.2, -0.15) is 0 Å². The lowest BCUT2D eigenvalue weighted by Crippen LogP contribution is -2.33. The fourth-order valence-electron chi connectivity index (χ4n) is 3.76. The number of aliphatic imine (C=N–C) groups is 1. The molecule has 0 fully saturated rings. The molecular weight excluding hydrogens is 452 g/mol. The van der Waals surface area contributed by atoms with Gasteiger partial charge in [0.2, 0.25) is 5.88 Å². The Balaban J connectivity index is 1.65. The monoisotopic (exact) mass is 476 g/mol. The summed E-state index contributed by atoms with van der Waals surface area (Å²) >= 11 is 0. The number of esters is 1. The van der Waals surface area contributed by atoms with E-state index in [4.69, 9.17) is 9.47 Å². The Bertz CT molecular complexity index is 1500. The minimum Gasteiger partial charge on any atom is -0.497 e. The number of hydrogen-bond donors (Lipinski definition) is 3. The second-order valence-electron chi connectivity index (χ2n) is 7.81. The maximum Gasteiger partial charge on any atom is 0.331 e. The smallest absolute Gasteiger partial charge is 0.331 e. The van der Waals surface area contributed by atoms with Gasteiger partial charge in [-0.15, -0.1) is 0 Å². The van der Waals surface area contributed by atoms with Crippen molar-refractivity contribution in [3.63, 3.8) is 0 Å². The largest absolute Gasteiger partial charge is 0.497 e. The van der Waals surface area contributed by atoms with Gasteiger partial charge in [0.15, 0.2) is 6.04 Å². The average Bonchev–Trinajstić information content (AvgIpc) is 3.28. The van der Waals surface area contributed by atoms with Gasteiger partial charge in [-0.25, -0.2) is 9.59 Å². The molecule has 1 unspecified atom stereocenters. The lowest BCUT2D eigenvalue weighted by molar-refractivity contribution is -0.142. The number of H-pyrrole nitrogens is 2. The Hall–Kier alpha value is -4.60. The minimum atomic E-state index is -0.972. The van der Waals surface area contributed by atoms with Crippen LogP contribution in [0.15, 0.2) is 69.3 Å². The second kappa shape index (κ2) is 10.1. The van der Waals surface area contributed by atoms with Gasteiger partial charge < -0.3 is 19.6 Å². The number of carbonyl (C=O) groups is 1. The van der Waals surface area contributed by atoms with Crippen LogP contribution in [-0.4, -0.2) is 52.1 Å². The maximum atomic E-state index is 12.4. The van der Waals surface area contributed by atoms with Crippen molar-refractivity contribution in [1.82, 2.24) is 14.5 Å². The average molecular weight is 476 g/mol. The molecule has 180 valence electrons. The predicted molar refractivity (Wildman–Crippen MR) is 130 cm³/mol. The minimum absolute atomic E-state index is 0.00203. The third-order valence-electron chi connectivity index (χ3n) is 5.65. The van der Waals surface area contributed by atoms with Crippen molar-refractivity contribution in [1.29, 1.82) is 0 Å². The van der Waals surface area contributed by atoms with Crippen molar-refractivity contribution < 1.29 is 19.4 Å². The number of nitrogens with zero attached hydrogens (tertiary/aromatic N) is 2. The number of ether oxygens (including phenoxy) is 2. The number of aromatic nitrogens is 3. The first kappa shape index (κ1) is 23.6. The van der Waals surface area contributed by atoms with Crippen molar-refractivity contribution in [2.45, 2.75) is 19.0 Å². The standard InChI is InChI=1S/C25H24N4O6/c1-34-17-9-7-15(8-10-17)14-29-23(31)19(22(30)28-25(29)33)13-27-21(24(32)35-2)11-16-12-26-20-6-4-3-5-18(16)20/h3-10,12-13,21,26,31H,11,14H2,1-2H3,(H,28,30,33). The van der Waals surface area contributed by atoms with Gasteiger partial charge in [-0.05, 0) is 29.3 Å². The van der Waals surface area contributed by atoms with E-state index in [-0.39, 0.29) is 18.5 Å². The number of fused-ring (bicyclic) bond motifs is 1. The zero-order valence-electron chi connectivity index (χ0n) is 19.1. The summed E-state index contributed by atoms with van der Waals surface area (Å²) in [6.07, 6.45) is 3.08. The lowest BCUT2D eigenvalue weighted by atomic mass is 10.1. The molecule has 0 saturated heterocycles. The molecule has 4 aromatic rings. The number of aromatic hydroxyl groups is 1. The molecule has 0 spiro atoms. The SMILES string of the molecule is COC(=O)C(Cc1c[nH]c2ccccc12)N=Cc1c(O)n(Cc2ccc(OC)cc2)c(=O)[nH]c1=O. The van der Waals surface area contributed by atoms with Gasteiger partial charge >= 0.3 is 11.7 Å². The van der Waals surface area contributed by atoms with Crippen LogP contribution in [0, 0.1) is 0 Å². The Kier molecular flexibility index (Phi) is 6.81. The van der Waals surface area contributed by atoms with E-state index in [1.54, 1.807) is 37.6 Å². The summed E-state index contributed by atoms with van der Waals surface area (Å²) in [6.45, 7) is 0.00203. The van der Waals surface area contributed by atoms with Crippen LogP contribution in [0.1, 0.15) is 16.7 Å². The summed E-state index contributed by atoms with van der Waals surface area (Å²) in [5.41, 5.74) is 0.614. The van der Waals surface area contributed by atoms with E-state index in [0.717, 1.165) is 27.2 Å². The molecule has 0 radical (unpaired) electrons. The van der Waals surface area contributed by atoms with Gasteiger partial charge in [-0.1, -0.05) is 30.3 Å². The molecular formula is C25H24N4O6. The molecule has 10 nitrogen and oxygen atoms in total. The van der Waals surface area contributed by atoms with Crippen LogP contribution in [0.2, 0.25) is 0 Å². The molecule has 2 heterocycles. The first-order chi connectivity index (χ1) is 16.9. The molecule has 4 rings (SSSR count). The van der Waals surface area contributed by atoms with Crippen LogP contribution in [0.4, 0.5) is 0 Å². The van der Waals surface area contributed by atoms with Gasteiger partial charge in [-0.3, -0.25) is 19.3 Å². The predicted octanol–water partition coefficient (Wildman–Crippen LogP) is 1.98. The molecule has 2 aromatic heterocycles. The van der Waals surface area contributed by atoms with Crippen LogP contribution >= 0.6 is 0 Å². The van der Waals surface area contributed by atoms with E-state index in [9.17, 15) is 19.5 Å². The number of carbonyl (C=O) groups excluding carboxylic acids is 1. The van der Waals surface area contributed by atoms with Crippen molar-refractivity contribution >= 4 is 23.1 Å². The first-order valence-corrected chi connectivity index (χ1v) is 10.8. The zero-order chi connectivity index (χ0) is 24.9. The van der Waals surface area contributed by atoms with Gasteiger partial charge in [0, 0.05) is 29.7 Å². The molecule has 35 heavy (non-hydrogen) atoms. The number of para-hydroxylation sites is 1. The normalized spacial score (nSPS) is 12.2. The Morgan fingerprint density at radius 1 is 1.14 bits per heavy atom. The third kappa shape index (κ3) is 5.01. The van der Waals surface area contributed by atoms with Crippen molar-refractivity contribution in [3.8, 4) is 11.6 Å². The highest BCUT2D eigenvalue weighted by atomic mass is 16.5. The zero-order valence-corrected chi connectivity index (χ0v) is 19.1. The van der Waals surface area contributed by atoms with Gasteiger partial charge in [0.1, 0.15) is 11.3 Å². The summed E-state index contributed by atoms with van der Waals surface area (Å²) in [4.78, 5) is 46.8. The number of benzene rings is 2. The Labute approximate surface area is 199 Å². The molecule has 2 aromatic carbocycles. The second-order valence-corrected chi connectivity index (χ2v) is 7.81. The van der Waals surface area contributed by atoms with E-state index in [1.165, 1.54) is 7.11 Å². The molecule has 1 atom stereocenters. The summed E-state index contributed by atoms with van der Waals surface area (Å²) in [5, 5.41) is 11.7. The number of nitrogens with one attached hydrogen (secondary N) is 2.